The van der Waals surface area contributed by atoms with Gasteiger partial charge in [0.15, 0.2) is 0 Å². The standard InChI is InChI=1S/C28H35NO5/c1-7-8-20(21-12-11-19(27(31)33-6)16-25(21)32-5)23-17-29-24-13-9-18(15-22(23)24)10-14-26(30)34-28(2,3)4/h9,11-13,15-17,20,29H,7-8,10,14H2,1-6H3. The van der Waals surface area contributed by atoms with E-state index in [0.717, 1.165) is 34.9 Å². The molecule has 6 nitrogen and oxygen atoms in total. The molecular formula is C28H35NO5. The molecule has 3 aromatic rings. The van der Waals surface area contributed by atoms with E-state index in [4.69, 9.17) is 14.2 Å². The van der Waals surface area contributed by atoms with Gasteiger partial charge in [-0.25, -0.2) is 4.79 Å². The third-order valence-electron chi connectivity index (χ3n) is 5.80. The Morgan fingerprint density at radius 1 is 1.03 bits per heavy atom. The number of esters is 2. The number of ether oxygens (including phenoxy) is 3. The molecule has 3 rings (SSSR count). The van der Waals surface area contributed by atoms with E-state index in [9.17, 15) is 9.59 Å². The topological polar surface area (TPSA) is 77.6 Å². The summed E-state index contributed by atoms with van der Waals surface area (Å²) in [7, 11) is 2.99. The van der Waals surface area contributed by atoms with E-state index in [0.29, 0.717) is 24.2 Å². The zero-order chi connectivity index (χ0) is 24.9. The van der Waals surface area contributed by atoms with Crippen molar-refractivity contribution in [3.8, 4) is 5.75 Å². The van der Waals surface area contributed by atoms with Gasteiger partial charge in [-0.2, -0.15) is 0 Å². The summed E-state index contributed by atoms with van der Waals surface area (Å²) >= 11 is 0. The monoisotopic (exact) mass is 465 g/mol. The lowest BCUT2D eigenvalue weighted by Gasteiger charge is -2.20. The molecule has 182 valence electrons. The van der Waals surface area contributed by atoms with E-state index >= 15 is 0 Å². The maximum absolute atomic E-state index is 12.2. The smallest absolute Gasteiger partial charge is 0.337 e. The average Bonchev–Trinajstić information content (AvgIpc) is 3.22. The number of aromatic nitrogens is 1. The average molecular weight is 466 g/mol. The molecule has 2 aromatic carbocycles. The number of rotatable bonds is 9. The first-order chi connectivity index (χ1) is 16.2. The van der Waals surface area contributed by atoms with Crippen molar-refractivity contribution in [1.82, 2.24) is 4.98 Å². The lowest BCUT2D eigenvalue weighted by atomic mass is 9.86. The van der Waals surface area contributed by atoms with Gasteiger partial charge < -0.3 is 19.2 Å². The predicted molar refractivity (Wildman–Crippen MR) is 134 cm³/mol. The van der Waals surface area contributed by atoms with Crippen LogP contribution in [0.4, 0.5) is 0 Å². The summed E-state index contributed by atoms with van der Waals surface area (Å²) in [5, 5.41) is 1.12. The van der Waals surface area contributed by atoms with Gasteiger partial charge in [-0.3, -0.25) is 4.79 Å². The van der Waals surface area contributed by atoms with Crippen LogP contribution in [0.5, 0.6) is 5.75 Å². The molecule has 6 heteroatoms. The summed E-state index contributed by atoms with van der Waals surface area (Å²) in [5.41, 5.74) is 4.30. The molecule has 0 radical (unpaired) electrons. The number of H-pyrrole nitrogens is 1. The molecule has 0 fully saturated rings. The van der Waals surface area contributed by atoms with Gasteiger partial charge in [-0.15, -0.1) is 0 Å². The van der Waals surface area contributed by atoms with Crippen LogP contribution in [0.15, 0.2) is 42.6 Å². The maximum Gasteiger partial charge on any atom is 0.337 e. The molecule has 34 heavy (non-hydrogen) atoms. The molecule has 1 atom stereocenters. The lowest BCUT2D eigenvalue weighted by molar-refractivity contribution is -0.154. The molecule has 1 heterocycles. The molecular weight excluding hydrogens is 430 g/mol. The fraction of sp³-hybridized carbons (Fsp3) is 0.429. The quantitative estimate of drug-likeness (QED) is 0.382. The van der Waals surface area contributed by atoms with E-state index in [1.54, 1.807) is 19.2 Å². The molecule has 0 aliphatic heterocycles. The Balaban J connectivity index is 1.94. The van der Waals surface area contributed by atoms with E-state index < -0.39 is 11.6 Å². The first kappa shape index (κ1) is 25.3. The van der Waals surface area contributed by atoms with Gasteiger partial charge in [0.2, 0.25) is 0 Å². The van der Waals surface area contributed by atoms with Crippen molar-refractivity contribution in [3.63, 3.8) is 0 Å². The first-order valence-electron chi connectivity index (χ1n) is 11.7. The summed E-state index contributed by atoms with van der Waals surface area (Å²) in [6.07, 6.45) is 4.91. The SMILES string of the molecule is CCCC(c1ccc(C(=O)OC)cc1OC)c1c[nH]c2ccc(CCC(=O)OC(C)(C)C)cc12. The van der Waals surface area contributed by atoms with Crippen LogP contribution in [0.25, 0.3) is 10.9 Å². The van der Waals surface area contributed by atoms with Crippen molar-refractivity contribution in [3.05, 3.63) is 64.8 Å². The molecule has 0 saturated heterocycles. The van der Waals surface area contributed by atoms with Gasteiger partial charge in [0, 0.05) is 35.0 Å². The van der Waals surface area contributed by atoms with Gasteiger partial charge in [-0.05, 0) is 69.0 Å². The van der Waals surface area contributed by atoms with Crippen molar-refractivity contribution in [2.75, 3.05) is 14.2 Å². The van der Waals surface area contributed by atoms with Gasteiger partial charge in [0.25, 0.3) is 0 Å². The summed E-state index contributed by atoms with van der Waals surface area (Å²) in [6, 6.07) is 11.7. The van der Waals surface area contributed by atoms with Crippen molar-refractivity contribution >= 4 is 22.8 Å². The Morgan fingerprint density at radius 2 is 1.79 bits per heavy atom. The van der Waals surface area contributed by atoms with E-state index in [1.807, 2.05) is 32.9 Å². The van der Waals surface area contributed by atoms with Gasteiger partial charge in [0.05, 0.1) is 19.8 Å². The maximum atomic E-state index is 12.2. The number of aryl methyl sites for hydroxylation is 1. The van der Waals surface area contributed by atoms with Crippen LogP contribution in [0.1, 0.15) is 79.9 Å². The number of fused-ring (bicyclic) bond motifs is 1. The van der Waals surface area contributed by atoms with Gasteiger partial charge >= 0.3 is 11.9 Å². The summed E-state index contributed by atoms with van der Waals surface area (Å²) < 4.78 is 16.0. The number of hydrogen-bond donors (Lipinski definition) is 1. The summed E-state index contributed by atoms with van der Waals surface area (Å²) in [6.45, 7) is 7.79. The van der Waals surface area contributed by atoms with Gasteiger partial charge in [0.1, 0.15) is 11.4 Å². The number of carbonyl (C=O) groups is 2. The van der Waals surface area contributed by atoms with Crippen molar-refractivity contribution < 1.29 is 23.8 Å². The molecule has 0 saturated carbocycles. The highest BCUT2D eigenvalue weighted by Crippen LogP contribution is 2.39. The van der Waals surface area contributed by atoms with Crippen LogP contribution in [0, 0.1) is 0 Å². The minimum atomic E-state index is -0.481. The Morgan fingerprint density at radius 3 is 2.44 bits per heavy atom. The Hall–Kier alpha value is -3.28. The fourth-order valence-corrected chi connectivity index (χ4v) is 4.28. The Bertz CT molecular complexity index is 1160. The molecule has 1 unspecified atom stereocenters. The molecule has 0 aliphatic carbocycles. The highest BCUT2D eigenvalue weighted by atomic mass is 16.6. The third kappa shape index (κ3) is 5.99. The van der Waals surface area contributed by atoms with Crippen LogP contribution in [0.3, 0.4) is 0 Å². The highest BCUT2D eigenvalue weighted by molar-refractivity contribution is 5.90. The molecule has 0 amide bonds. The largest absolute Gasteiger partial charge is 0.496 e. The fourth-order valence-electron chi connectivity index (χ4n) is 4.28. The molecule has 1 aromatic heterocycles. The number of aromatic amines is 1. The normalized spacial score (nSPS) is 12.4. The highest BCUT2D eigenvalue weighted by Gasteiger charge is 2.23. The van der Waals surface area contributed by atoms with E-state index in [2.05, 4.69) is 30.2 Å². The molecule has 0 bridgehead atoms. The van der Waals surface area contributed by atoms with Crippen LogP contribution >= 0.6 is 0 Å². The number of carbonyl (C=O) groups excluding carboxylic acids is 2. The Kier molecular flexibility index (Phi) is 8.02. The van der Waals surface area contributed by atoms with Crippen molar-refractivity contribution in [1.29, 1.82) is 0 Å². The minimum absolute atomic E-state index is 0.0847. The zero-order valence-electron chi connectivity index (χ0n) is 21.0. The molecule has 0 aliphatic rings. The first-order valence-corrected chi connectivity index (χ1v) is 11.7. The van der Waals surface area contributed by atoms with Gasteiger partial charge in [-0.1, -0.05) is 25.5 Å². The zero-order valence-corrected chi connectivity index (χ0v) is 21.0. The van der Waals surface area contributed by atoms with Crippen LogP contribution < -0.4 is 4.74 Å². The van der Waals surface area contributed by atoms with Crippen molar-refractivity contribution in [2.24, 2.45) is 0 Å². The second-order valence-corrected chi connectivity index (χ2v) is 9.50. The number of methoxy groups -OCH3 is 2. The van der Waals surface area contributed by atoms with Crippen LogP contribution in [-0.4, -0.2) is 36.7 Å². The third-order valence-corrected chi connectivity index (χ3v) is 5.80. The second kappa shape index (κ2) is 10.8. The van der Waals surface area contributed by atoms with Crippen LogP contribution in [-0.2, 0) is 20.7 Å². The minimum Gasteiger partial charge on any atom is -0.496 e. The van der Waals surface area contributed by atoms with Crippen LogP contribution in [0.2, 0.25) is 0 Å². The predicted octanol–water partition coefficient (Wildman–Crippen LogP) is 6.17. The number of benzene rings is 2. The van der Waals surface area contributed by atoms with E-state index in [-0.39, 0.29) is 11.9 Å². The number of nitrogens with one attached hydrogen (secondary N) is 1. The summed E-state index contributed by atoms with van der Waals surface area (Å²) in [5.74, 6) is 0.165. The van der Waals surface area contributed by atoms with Crippen molar-refractivity contribution in [2.45, 2.75) is 64.9 Å². The molecule has 1 N–H and O–H groups in total. The lowest BCUT2D eigenvalue weighted by Crippen LogP contribution is -2.24. The Labute approximate surface area is 201 Å². The summed E-state index contributed by atoms with van der Waals surface area (Å²) in [4.78, 5) is 27.6. The second-order valence-electron chi connectivity index (χ2n) is 9.50. The number of hydrogen-bond acceptors (Lipinski definition) is 5. The molecule has 0 spiro atoms. The van der Waals surface area contributed by atoms with E-state index in [1.165, 1.54) is 12.7 Å².